The molecule has 1 aliphatic rings. The van der Waals surface area contributed by atoms with E-state index < -0.39 is 0 Å². The zero-order valence-corrected chi connectivity index (χ0v) is 8.82. The van der Waals surface area contributed by atoms with Gasteiger partial charge < -0.3 is 11.1 Å². The first-order valence-corrected chi connectivity index (χ1v) is 5.26. The molecule has 0 radical (unpaired) electrons. The predicted octanol–water partition coefficient (Wildman–Crippen LogP) is 1.18. The van der Waals surface area contributed by atoms with Gasteiger partial charge in [-0.05, 0) is 25.7 Å². The first kappa shape index (κ1) is 9.84. The maximum atomic E-state index is 8.97. The van der Waals surface area contributed by atoms with Crippen LogP contribution >= 0.6 is 0 Å². The fourth-order valence-electron chi connectivity index (χ4n) is 1.51. The number of aryl methyl sites for hydroxylation is 1. The molecule has 1 aromatic rings. The van der Waals surface area contributed by atoms with Crippen molar-refractivity contribution in [2.24, 2.45) is 5.92 Å². The van der Waals surface area contributed by atoms with Crippen LogP contribution in [0.5, 0.6) is 0 Å². The van der Waals surface area contributed by atoms with E-state index in [9.17, 15) is 0 Å². The molecule has 0 bridgehead atoms. The molecule has 0 amide bonds. The first-order chi connectivity index (χ1) is 7.26. The van der Waals surface area contributed by atoms with Crippen molar-refractivity contribution in [2.75, 3.05) is 17.6 Å². The van der Waals surface area contributed by atoms with E-state index in [2.05, 4.69) is 16.5 Å². The summed E-state index contributed by atoms with van der Waals surface area (Å²) in [6, 6.07) is 2.09. The minimum atomic E-state index is 0.457. The summed E-state index contributed by atoms with van der Waals surface area (Å²) in [5.74, 6) is 1.84. The van der Waals surface area contributed by atoms with Crippen molar-refractivity contribution in [1.29, 1.82) is 5.26 Å². The highest BCUT2D eigenvalue weighted by Crippen LogP contribution is 2.29. The number of rotatable bonds is 4. The number of nitriles is 1. The van der Waals surface area contributed by atoms with Crippen molar-refractivity contribution in [3.8, 4) is 6.07 Å². The van der Waals surface area contributed by atoms with Crippen molar-refractivity contribution >= 4 is 11.6 Å². The molecule has 1 saturated carbocycles. The fraction of sp³-hybridized carbons (Fsp3) is 0.600. The molecule has 15 heavy (non-hydrogen) atoms. The third-order valence-electron chi connectivity index (χ3n) is 2.66. The van der Waals surface area contributed by atoms with E-state index in [4.69, 9.17) is 11.0 Å². The molecule has 0 saturated heterocycles. The van der Waals surface area contributed by atoms with Gasteiger partial charge in [-0.2, -0.15) is 10.4 Å². The number of nitrogens with zero attached hydrogens (tertiary/aromatic N) is 3. The van der Waals surface area contributed by atoms with Gasteiger partial charge in [0.2, 0.25) is 0 Å². The molecule has 5 nitrogen and oxygen atoms in total. The Hall–Kier alpha value is -1.70. The summed E-state index contributed by atoms with van der Waals surface area (Å²) in [4.78, 5) is 0. The number of anilines is 2. The molecule has 80 valence electrons. The Morgan fingerprint density at radius 1 is 1.67 bits per heavy atom. The lowest BCUT2D eigenvalue weighted by Crippen LogP contribution is -2.05. The minimum absolute atomic E-state index is 0.457. The molecule has 1 aromatic heterocycles. The number of hydrogen-bond acceptors (Lipinski definition) is 4. The Kier molecular flexibility index (Phi) is 2.50. The first-order valence-electron chi connectivity index (χ1n) is 5.26. The SMILES string of the molecule is CCn1nc(NCC2CC2)c(C#N)c1N. The molecule has 0 spiro atoms. The molecule has 0 unspecified atom stereocenters. The van der Waals surface area contributed by atoms with Gasteiger partial charge in [-0.1, -0.05) is 0 Å². The quantitative estimate of drug-likeness (QED) is 0.773. The van der Waals surface area contributed by atoms with Crippen LogP contribution in [0.1, 0.15) is 25.3 Å². The second-order valence-electron chi connectivity index (χ2n) is 3.86. The van der Waals surface area contributed by atoms with E-state index in [1.54, 1.807) is 4.68 Å². The summed E-state index contributed by atoms with van der Waals surface area (Å²) in [5, 5.41) is 16.4. The minimum Gasteiger partial charge on any atom is -0.383 e. The average molecular weight is 205 g/mol. The van der Waals surface area contributed by atoms with Crippen molar-refractivity contribution in [2.45, 2.75) is 26.3 Å². The molecule has 2 rings (SSSR count). The highest BCUT2D eigenvalue weighted by Gasteiger charge is 2.22. The molecule has 0 atom stereocenters. The lowest BCUT2D eigenvalue weighted by molar-refractivity contribution is 0.670. The van der Waals surface area contributed by atoms with Crippen molar-refractivity contribution in [3.05, 3.63) is 5.56 Å². The summed E-state index contributed by atoms with van der Waals surface area (Å²) in [6.45, 7) is 3.54. The predicted molar refractivity (Wildman–Crippen MR) is 58.2 cm³/mol. The van der Waals surface area contributed by atoms with E-state index in [0.29, 0.717) is 23.7 Å². The number of aromatic nitrogens is 2. The number of nitrogen functional groups attached to an aromatic ring is 1. The van der Waals surface area contributed by atoms with Crippen LogP contribution in [-0.4, -0.2) is 16.3 Å². The molecule has 1 heterocycles. The second kappa shape index (κ2) is 3.81. The maximum absolute atomic E-state index is 8.97. The van der Waals surface area contributed by atoms with Gasteiger partial charge in [0.1, 0.15) is 17.5 Å². The number of nitrogens with one attached hydrogen (secondary N) is 1. The molecule has 5 heteroatoms. The van der Waals surface area contributed by atoms with Gasteiger partial charge >= 0.3 is 0 Å². The third-order valence-corrected chi connectivity index (χ3v) is 2.66. The molecule has 1 fully saturated rings. The van der Waals surface area contributed by atoms with Gasteiger partial charge in [0.25, 0.3) is 0 Å². The summed E-state index contributed by atoms with van der Waals surface area (Å²) in [6.07, 6.45) is 2.55. The Morgan fingerprint density at radius 2 is 2.40 bits per heavy atom. The van der Waals surface area contributed by atoms with Crippen LogP contribution in [0.2, 0.25) is 0 Å². The molecular weight excluding hydrogens is 190 g/mol. The molecular formula is C10H15N5. The lowest BCUT2D eigenvalue weighted by Gasteiger charge is -2.00. The Morgan fingerprint density at radius 3 is 2.93 bits per heavy atom. The van der Waals surface area contributed by atoms with Gasteiger partial charge in [0, 0.05) is 13.1 Å². The van der Waals surface area contributed by atoms with Crippen molar-refractivity contribution < 1.29 is 0 Å². The lowest BCUT2D eigenvalue weighted by atomic mass is 10.3. The molecule has 3 N–H and O–H groups in total. The summed E-state index contributed by atoms with van der Waals surface area (Å²) < 4.78 is 1.65. The highest BCUT2D eigenvalue weighted by molar-refractivity contribution is 5.63. The largest absolute Gasteiger partial charge is 0.383 e. The zero-order chi connectivity index (χ0) is 10.8. The van der Waals surface area contributed by atoms with Gasteiger partial charge in [0.05, 0.1) is 0 Å². The van der Waals surface area contributed by atoms with Crippen LogP contribution in [0, 0.1) is 17.2 Å². The van der Waals surface area contributed by atoms with Gasteiger partial charge in [-0.15, -0.1) is 0 Å². The molecule has 0 aromatic carbocycles. The smallest absolute Gasteiger partial charge is 0.168 e. The van der Waals surface area contributed by atoms with E-state index in [-0.39, 0.29) is 0 Å². The maximum Gasteiger partial charge on any atom is 0.168 e. The monoisotopic (exact) mass is 205 g/mol. The van der Waals surface area contributed by atoms with Gasteiger partial charge in [0.15, 0.2) is 5.82 Å². The Balaban J connectivity index is 2.17. The van der Waals surface area contributed by atoms with Gasteiger partial charge in [-0.25, -0.2) is 4.68 Å². The van der Waals surface area contributed by atoms with E-state index in [1.165, 1.54) is 12.8 Å². The van der Waals surface area contributed by atoms with E-state index in [1.807, 2.05) is 6.92 Å². The zero-order valence-electron chi connectivity index (χ0n) is 8.82. The Bertz CT molecular complexity index is 397. The van der Waals surface area contributed by atoms with E-state index >= 15 is 0 Å². The van der Waals surface area contributed by atoms with Crippen LogP contribution in [0.3, 0.4) is 0 Å². The summed E-state index contributed by atoms with van der Waals surface area (Å²) in [5.41, 5.74) is 6.26. The topological polar surface area (TPSA) is 79.7 Å². The third kappa shape index (κ3) is 1.89. The number of hydrogen-bond donors (Lipinski definition) is 2. The average Bonchev–Trinajstić information content (AvgIpc) is 3.01. The second-order valence-corrected chi connectivity index (χ2v) is 3.86. The van der Waals surface area contributed by atoms with Crippen LogP contribution in [-0.2, 0) is 6.54 Å². The summed E-state index contributed by atoms with van der Waals surface area (Å²) in [7, 11) is 0. The van der Waals surface area contributed by atoms with Crippen molar-refractivity contribution in [3.63, 3.8) is 0 Å². The number of nitrogens with two attached hydrogens (primary N) is 1. The van der Waals surface area contributed by atoms with Crippen LogP contribution in [0.25, 0.3) is 0 Å². The van der Waals surface area contributed by atoms with Crippen LogP contribution in [0.15, 0.2) is 0 Å². The molecule has 0 aliphatic heterocycles. The fourth-order valence-corrected chi connectivity index (χ4v) is 1.51. The Labute approximate surface area is 88.9 Å². The van der Waals surface area contributed by atoms with Crippen molar-refractivity contribution in [1.82, 2.24) is 9.78 Å². The standard InChI is InChI=1S/C10H15N5/c1-2-15-9(12)8(5-11)10(14-15)13-6-7-3-4-7/h7H,2-4,6,12H2,1H3,(H,13,14). The van der Waals surface area contributed by atoms with Crippen LogP contribution < -0.4 is 11.1 Å². The van der Waals surface area contributed by atoms with Gasteiger partial charge in [-0.3, -0.25) is 0 Å². The van der Waals surface area contributed by atoms with E-state index in [0.717, 1.165) is 12.5 Å². The molecule has 1 aliphatic carbocycles. The van der Waals surface area contributed by atoms with Crippen LogP contribution in [0.4, 0.5) is 11.6 Å². The summed E-state index contributed by atoms with van der Waals surface area (Å²) >= 11 is 0. The normalized spacial score (nSPS) is 14.9. The highest BCUT2D eigenvalue weighted by atomic mass is 15.3.